The van der Waals surface area contributed by atoms with E-state index < -0.39 is 23.0 Å². The highest BCUT2D eigenvalue weighted by molar-refractivity contribution is 5.95. The molecular weight excluding hydrogens is 454 g/mol. The topological polar surface area (TPSA) is 129 Å². The zero-order chi connectivity index (χ0) is 25.7. The van der Waals surface area contributed by atoms with Crippen LogP contribution in [0.2, 0.25) is 0 Å². The second-order valence-corrected chi connectivity index (χ2v) is 8.21. The molecule has 1 heterocycles. The van der Waals surface area contributed by atoms with E-state index in [0.29, 0.717) is 18.5 Å². The van der Waals surface area contributed by atoms with Gasteiger partial charge < -0.3 is 24.8 Å². The van der Waals surface area contributed by atoms with Gasteiger partial charge in [-0.3, -0.25) is 10.1 Å². The molecule has 2 aromatic rings. The van der Waals surface area contributed by atoms with E-state index >= 15 is 0 Å². The molecule has 0 bridgehead atoms. The molecule has 1 atom stereocenters. The number of nitrogens with one attached hydrogen (secondary N) is 2. The molecule has 0 saturated heterocycles. The largest absolute Gasteiger partial charge is 0.493 e. The van der Waals surface area contributed by atoms with Crippen molar-refractivity contribution >= 4 is 17.7 Å². The summed E-state index contributed by atoms with van der Waals surface area (Å²) in [5.41, 5.74) is 3.44. The van der Waals surface area contributed by atoms with Crippen molar-refractivity contribution in [2.24, 2.45) is 0 Å². The first kappa shape index (κ1) is 25.5. The summed E-state index contributed by atoms with van der Waals surface area (Å²) in [5, 5.41) is 17.3. The van der Waals surface area contributed by atoms with Crippen LogP contribution in [0, 0.1) is 24.0 Å². The Kier molecular flexibility index (Phi) is 7.95. The highest BCUT2D eigenvalue weighted by atomic mass is 16.6. The van der Waals surface area contributed by atoms with Gasteiger partial charge >= 0.3 is 17.7 Å². The van der Waals surface area contributed by atoms with Gasteiger partial charge in [0.05, 0.1) is 30.8 Å². The molecule has 1 aliphatic heterocycles. The van der Waals surface area contributed by atoms with Crippen LogP contribution in [-0.4, -0.2) is 31.1 Å². The van der Waals surface area contributed by atoms with E-state index in [1.54, 1.807) is 0 Å². The molecule has 0 spiro atoms. The lowest BCUT2D eigenvalue weighted by Crippen LogP contribution is -2.45. The molecule has 0 saturated carbocycles. The monoisotopic (exact) mass is 483 g/mol. The van der Waals surface area contributed by atoms with Crippen molar-refractivity contribution in [3.63, 3.8) is 0 Å². The van der Waals surface area contributed by atoms with E-state index in [4.69, 9.17) is 14.2 Å². The van der Waals surface area contributed by atoms with Crippen molar-refractivity contribution in [2.45, 2.75) is 46.3 Å². The molecule has 1 unspecified atom stereocenters. The maximum Gasteiger partial charge on any atom is 0.337 e. The average Bonchev–Trinajstić information content (AvgIpc) is 2.83. The Morgan fingerprint density at radius 1 is 1.17 bits per heavy atom. The van der Waals surface area contributed by atoms with E-state index in [1.807, 2.05) is 39.0 Å². The molecule has 186 valence electrons. The number of hydrogen-bond acceptors (Lipinski definition) is 7. The van der Waals surface area contributed by atoms with Crippen LogP contribution < -0.4 is 20.1 Å². The number of rotatable bonds is 9. The second kappa shape index (κ2) is 10.9. The molecular formula is C25H29N3O7. The van der Waals surface area contributed by atoms with Crippen LogP contribution in [-0.2, 0) is 16.1 Å². The third kappa shape index (κ3) is 5.53. The molecule has 3 rings (SSSR count). The molecule has 0 fully saturated rings. The predicted molar refractivity (Wildman–Crippen MR) is 128 cm³/mol. The Labute approximate surface area is 203 Å². The first-order valence-electron chi connectivity index (χ1n) is 11.1. The zero-order valence-corrected chi connectivity index (χ0v) is 20.4. The number of allylic oxidation sites excluding steroid dienone is 1. The van der Waals surface area contributed by atoms with E-state index in [-0.39, 0.29) is 34.9 Å². The number of aryl methyl sites for hydroxylation is 2. The van der Waals surface area contributed by atoms with E-state index in [1.165, 1.54) is 26.4 Å². The summed E-state index contributed by atoms with van der Waals surface area (Å²) in [6, 6.07) is 7.19. The number of hydrogen-bond donors (Lipinski definition) is 2. The minimum Gasteiger partial charge on any atom is -0.493 e. The molecule has 1 aliphatic rings. The Morgan fingerprint density at radius 3 is 2.54 bits per heavy atom. The maximum atomic E-state index is 12.6. The summed E-state index contributed by atoms with van der Waals surface area (Å²) in [4.78, 5) is 36.4. The van der Waals surface area contributed by atoms with Gasteiger partial charge in [-0.1, -0.05) is 37.1 Å². The van der Waals surface area contributed by atoms with E-state index in [0.717, 1.165) is 16.7 Å². The molecule has 2 amide bonds. The number of nitrogens with zero attached hydrogens (tertiary/aromatic N) is 1. The summed E-state index contributed by atoms with van der Waals surface area (Å²) in [7, 11) is 2.60. The molecule has 2 aromatic carbocycles. The third-order valence-corrected chi connectivity index (χ3v) is 5.74. The van der Waals surface area contributed by atoms with Crippen molar-refractivity contribution in [1.82, 2.24) is 10.6 Å². The van der Waals surface area contributed by atoms with Crippen molar-refractivity contribution < 1.29 is 28.7 Å². The predicted octanol–water partition coefficient (Wildman–Crippen LogP) is 4.38. The molecule has 10 heteroatoms. The van der Waals surface area contributed by atoms with E-state index in [9.17, 15) is 19.7 Å². The number of nitro benzene ring substituents is 1. The third-order valence-electron chi connectivity index (χ3n) is 5.74. The molecule has 0 aliphatic carbocycles. The van der Waals surface area contributed by atoms with Gasteiger partial charge in [0.25, 0.3) is 0 Å². The highest BCUT2D eigenvalue weighted by Crippen LogP contribution is 2.42. The number of ether oxygens (including phenoxy) is 3. The number of amides is 2. The SMILES string of the molecule is CCCC1=C(C(=O)OC)C(c2cc(OC)c(OCc3cc(C)ccc3C)c([N+](=O)[O-])c2)NC(=O)N1. The van der Waals surface area contributed by atoms with Gasteiger partial charge in [-0.05, 0) is 43.0 Å². The number of methoxy groups -OCH3 is 2. The van der Waals surface area contributed by atoms with Crippen LogP contribution in [0.1, 0.15) is 48.1 Å². The summed E-state index contributed by atoms with van der Waals surface area (Å²) in [5.74, 6) is -0.587. The summed E-state index contributed by atoms with van der Waals surface area (Å²) in [6.45, 7) is 5.89. The van der Waals surface area contributed by atoms with Crippen LogP contribution in [0.3, 0.4) is 0 Å². The van der Waals surface area contributed by atoms with Crippen molar-refractivity contribution in [1.29, 1.82) is 0 Å². The normalized spacial score (nSPS) is 15.2. The van der Waals surface area contributed by atoms with Crippen LogP contribution in [0.25, 0.3) is 0 Å². The number of carbonyl (C=O) groups is 2. The van der Waals surface area contributed by atoms with Crippen LogP contribution in [0.4, 0.5) is 10.5 Å². The lowest BCUT2D eigenvalue weighted by molar-refractivity contribution is -0.386. The van der Waals surface area contributed by atoms with Crippen molar-refractivity contribution in [3.05, 3.63) is 74.0 Å². The molecule has 10 nitrogen and oxygen atoms in total. The van der Waals surface area contributed by atoms with Gasteiger partial charge in [0.15, 0.2) is 5.75 Å². The molecule has 0 radical (unpaired) electrons. The minimum atomic E-state index is -0.974. The number of urea groups is 1. The Hall–Kier alpha value is -4.08. The van der Waals surface area contributed by atoms with Gasteiger partial charge in [0.1, 0.15) is 6.61 Å². The highest BCUT2D eigenvalue weighted by Gasteiger charge is 2.35. The lowest BCUT2D eigenvalue weighted by Gasteiger charge is -2.29. The first-order valence-corrected chi connectivity index (χ1v) is 11.1. The van der Waals surface area contributed by atoms with Crippen molar-refractivity contribution in [2.75, 3.05) is 14.2 Å². The Morgan fingerprint density at radius 2 is 1.91 bits per heavy atom. The Balaban J connectivity index is 2.10. The maximum absolute atomic E-state index is 12.6. The molecule has 0 aromatic heterocycles. The summed E-state index contributed by atoms with van der Waals surface area (Å²) in [6.07, 6.45) is 1.09. The van der Waals surface area contributed by atoms with Crippen molar-refractivity contribution in [3.8, 4) is 11.5 Å². The van der Waals surface area contributed by atoms with E-state index in [2.05, 4.69) is 10.6 Å². The fourth-order valence-corrected chi connectivity index (χ4v) is 3.98. The summed E-state index contributed by atoms with van der Waals surface area (Å²) < 4.78 is 16.3. The number of benzene rings is 2. The minimum absolute atomic E-state index is 0.0419. The molecule has 35 heavy (non-hydrogen) atoms. The quantitative estimate of drug-likeness (QED) is 0.308. The second-order valence-electron chi connectivity index (χ2n) is 8.21. The van der Waals surface area contributed by atoms with Crippen LogP contribution in [0.5, 0.6) is 11.5 Å². The fraction of sp³-hybridized carbons (Fsp3) is 0.360. The van der Waals surface area contributed by atoms with Gasteiger partial charge in [-0.2, -0.15) is 0 Å². The Bertz CT molecular complexity index is 1190. The van der Waals surface area contributed by atoms with Crippen LogP contribution >= 0.6 is 0 Å². The van der Waals surface area contributed by atoms with Gasteiger partial charge in [-0.25, -0.2) is 9.59 Å². The standard InChI is InChI=1S/C25H29N3O7/c1-6-7-18-21(24(29)34-5)22(27-25(30)26-18)16-11-19(28(31)32)23(20(12-16)33-4)35-13-17-10-14(2)8-9-15(17)3/h8-12,22H,6-7,13H2,1-5H3,(H2,26,27,30). The average molecular weight is 484 g/mol. The zero-order valence-electron chi connectivity index (χ0n) is 20.4. The number of esters is 1. The fourth-order valence-electron chi connectivity index (χ4n) is 3.98. The number of carbonyl (C=O) groups excluding carboxylic acids is 2. The summed E-state index contributed by atoms with van der Waals surface area (Å²) >= 11 is 0. The van der Waals surface area contributed by atoms with Gasteiger partial charge in [-0.15, -0.1) is 0 Å². The van der Waals surface area contributed by atoms with Gasteiger partial charge in [0.2, 0.25) is 5.75 Å². The first-order chi connectivity index (χ1) is 16.7. The van der Waals surface area contributed by atoms with Gasteiger partial charge in [0, 0.05) is 11.8 Å². The van der Waals surface area contributed by atoms with Crippen LogP contribution in [0.15, 0.2) is 41.6 Å². The number of nitro groups is 1. The smallest absolute Gasteiger partial charge is 0.337 e. The molecule has 2 N–H and O–H groups in total. The lowest BCUT2D eigenvalue weighted by atomic mass is 9.93.